The fourth-order valence-electron chi connectivity index (χ4n) is 12.7. The Morgan fingerprint density at radius 2 is 0.500 bits per heavy atom. The summed E-state index contributed by atoms with van der Waals surface area (Å²) in [5.41, 5.74) is 22.6. The van der Waals surface area contributed by atoms with E-state index in [1.807, 2.05) is 0 Å². The van der Waals surface area contributed by atoms with E-state index in [4.69, 9.17) is 0 Å². The van der Waals surface area contributed by atoms with Crippen LogP contribution in [0, 0.1) is 0 Å². The maximum atomic E-state index is 2.71. The fourth-order valence-corrected chi connectivity index (χ4v) is 12.7. The van der Waals surface area contributed by atoms with E-state index >= 15 is 0 Å². The van der Waals surface area contributed by atoms with E-state index in [-0.39, 0.29) is 5.41 Å². The van der Waals surface area contributed by atoms with Crippen LogP contribution < -0.4 is 14.7 Å². The molecule has 62 heavy (non-hydrogen) atoms. The smallest absolute Gasteiger partial charge is 0.0783 e. The van der Waals surface area contributed by atoms with Gasteiger partial charge in [0.25, 0.3) is 0 Å². The highest BCUT2D eigenvalue weighted by molar-refractivity contribution is 6.05. The Bertz CT molecular complexity index is 3050. The number of rotatable bonds is 2. The summed E-state index contributed by atoms with van der Waals surface area (Å²) in [6, 6.07) is 80.2. The van der Waals surface area contributed by atoms with Gasteiger partial charge in [0.1, 0.15) is 0 Å². The molecule has 5 heterocycles. The third kappa shape index (κ3) is 3.82. The molecule has 0 saturated carbocycles. The van der Waals surface area contributed by atoms with Crippen molar-refractivity contribution >= 4 is 51.2 Å². The molecule has 0 saturated heterocycles. The van der Waals surface area contributed by atoms with Crippen molar-refractivity contribution in [2.75, 3.05) is 14.7 Å². The fraction of sp³-hybridized carbons (Fsp3) is 0.0847. The van der Waals surface area contributed by atoms with Gasteiger partial charge in [-0.15, -0.1) is 0 Å². The van der Waals surface area contributed by atoms with E-state index in [1.54, 1.807) is 0 Å². The first-order valence-corrected chi connectivity index (χ1v) is 21.9. The molecule has 0 atom stereocenters. The van der Waals surface area contributed by atoms with Crippen molar-refractivity contribution in [2.45, 2.75) is 30.1 Å². The van der Waals surface area contributed by atoms with Crippen molar-refractivity contribution in [3.05, 3.63) is 268 Å². The molecule has 0 fully saturated rings. The molecular formula is C59H41N3. The third-order valence-corrected chi connectivity index (χ3v) is 15.0. The molecule has 3 nitrogen and oxygen atoms in total. The Morgan fingerprint density at radius 3 is 0.839 bits per heavy atom. The molecule has 9 aromatic rings. The zero-order valence-electron chi connectivity index (χ0n) is 34.5. The lowest BCUT2D eigenvalue weighted by molar-refractivity contribution is 0.603. The highest BCUT2D eigenvalue weighted by Crippen LogP contribution is 2.73. The molecule has 0 N–H and O–H groups in total. The van der Waals surface area contributed by atoms with Crippen LogP contribution in [0.1, 0.15) is 69.5 Å². The Hall–Kier alpha value is -7.62. The minimum absolute atomic E-state index is 0.299. The number of hydrogen-bond donors (Lipinski definition) is 0. The van der Waals surface area contributed by atoms with E-state index in [0.29, 0.717) is 0 Å². The second kappa shape index (κ2) is 11.8. The quantitative estimate of drug-likeness (QED) is 0.173. The SMILES string of the molecule is CC1(C)c2cccc3c2N2c4c1cccc4C1(c4ccccc4N(c4ccccc4)c4ccccc41)c1cccc(c12)C31c2ccccc2N(c2ccccc2)c2ccccc21. The van der Waals surface area contributed by atoms with Crippen LogP contribution in [0.25, 0.3) is 0 Å². The summed E-state index contributed by atoms with van der Waals surface area (Å²) in [5, 5.41) is 0. The van der Waals surface area contributed by atoms with Crippen molar-refractivity contribution in [3.8, 4) is 0 Å². The lowest BCUT2D eigenvalue weighted by Crippen LogP contribution is -2.49. The van der Waals surface area contributed by atoms with Gasteiger partial charge in [0.2, 0.25) is 0 Å². The molecule has 0 aromatic heterocycles. The Labute approximate surface area is 362 Å². The molecule has 2 spiro atoms. The third-order valence-electron chi connectivity index (χ3n) is 15.0. The van der Waals surface area contributed by atoms with Crippen molar-refractivity contribution in [1.29, 1.82) is 0 Å². The summed E-state index contributed by atoms with van der Waals surface area (Å²) >= 11 is 0. The van der Waals surface area contributed by atoms with Crippen LogP contribution in [-0.2, 0) is 16.2 Å². The van der Waals surface area contributed by atoms with Crippen molar-refractivity contribution in [2.24, 2.45) is 0 Å². The number of benzene rings is 9. The second-order valence-corrected chi connectivity index (χ2v) is 18.0. The van der Waals surface area contributed by atoms with Gasteiger partial charge in [-0.05, 0) is 104 Å². The van der Waals surface area contributed by atoms with Gasteiger partial charge in [-0.1, -0.05) is 178 Å². The predicted octanol–water partition coefficient (Wildman–Crippen LogP) is 14.8. The Morgan fingerprint density at radius 1 is 0.242 bits per heavy atom. The number of para-hydroxylation sites is 9. The summed E-state index contributed by atoms with van der Waals surface area (Å²) < 4.78 is 0. The number of fused-ring (bicyclic) bond motifs is 12. The topological polar surface area (TPSA) is 9.72 Å². The molecular weight excluding hydrogens is 751 g/mol. The minimum atomic E-state index is -0.642. The molecule has 0 unspecified atom stereocenters. The second-order valence-electron chi connectivity index (χ2n) is 18.0. The van der Waals surface area contributed by atoms with E-state index < -0.39 is 10.8 Å². The van der Waals surface area contributed by atoms with Crippen LogP contribution in [0.5, 0.6) is 0 Å². The van der Waals surface area contributed by atoms with Gasteiger partial charge in [0.05, 0.1) is 50.6 Å². The largest absolute Gasteiger partial charge is 0.310 e. The van der Waals surface area contributed by atoms with Gasteiger partial charge in [0.15, 0.2) is 0 Å². The lowest BCUT2D eigenvalue weighted by atomic mass is 9.53. The van der Waals surface area contributed by atoms with E-state index in [2.05, 4.69) is 241 Å². The zero-order chi connectivity index (χ0) is 41.0. The first-order valence-electron chi connectivity index (χ1n) is 21.9. The van der Waals surface area contributed by atoms with E-state index in [9.17, 15) is 0 Å². The van der Waals surface area contributed by atoms with Crippen LogP contribution >= 0.6 is 0 Å². The van der Waals surface area contributed by atoms with Crippen molar-refractivity contribution < 1.29 is 0 Å². The zero-order valence-corrected chi connectivity index (χ0v) is 34.5. The molecule has 0 bridgehead atoms. The highest BCUT2D eigenvalue weighted by atomic mass is 15.2. The van der Waals surface area contributed by atoms with Crippen LogP contribution in [0.3, 0.4) is 0 Å². The number of nitrogens with zero attached hydrogens (tertiary/aromatic N) is 3. The number of hydrogen-bond acceptors (Lipinski definition) is 3. The molecule has 14 rings (SSSR count). The summed E-state index contributed by atoms with van der Waals surface area (Å²) in [4.78, 5) is 7.68. The monoisotopic (exact) mass is 791 g/mol. The molecule has 292 valence electrons. The van der Waals surface area contributed by atoms with E-state index in [0.717, 1.165) is 11.4 Å². The van der Waals surface area contributed by atoms with Gasteiger partial charge in [-0.3, -0.25) is 0 Å². The highest BCUT2D eigenvalue weighted by Gasteiger charge is 2.60. The molecule has 9 aromatic carbocycles. The summed E-state index contributed by atoms with van der Waals surface area (Å²) in [6.45, 7) is 4.90. The standard InChI is InChI=1S/C59H41N3/c1-57(2)44-28-17-30-46-54(44)62-55-45(57)29-18-31-47(55)59(42-26-11-15-36-52(42)61(39-22-7-4-8-23-39)53-37-16-12-27-43(53)59)49-33-19-32-48(56(49)62)58(46)40-24-9-13-34-50(40)60(38-20-5-3-6-21-38)51-35-14-10-25-41(51)58/h3-37H,1-2H3. The molecule has 5 aliphatic heterocycles. The molecule has 0 amide bonds. The predicted molar refractivity (Wildman–Crippen MR) is 253 cm³/mol. The summed E-state index contributed by atoms with van der Waals surface area (Å²) in [5.74, 6) is 0. The van der Waals surface area contributed by atoms with Gasteiger partial charge in [-0.2, -0.15) is 0 Å². The van der Waals surface area contributed by atoms with E-state index in [1.165, 1.54) is 95.4 Å². The minimum Gasteiger partial charge on any atom is -0.310 e. The Kier molecular flexibility index (Phi) is 6.50. The van der Waals surface area contributed by atoms with Gasteiger partial charge in [0, 0.05) is 16.8 Å². The van der Waals surface area contributed by atoms with Crippen LogP contribution in [0.4, 0.5) is 51.2 Å². The number of anilines is 9. The van der Waals surface area contributed by atoms with Crippen molar-refractivity contribution in [1.82, 2.24) is 0 Å². The first kappa shape index (κ1) is 34.1. The van der Waals surface area contributed by atoms with Gasteiger partial charge >= 0.3 is 0 Å². The molecule has 5 aliphatic rings. The maximum absolute atomic E-state index is 2.71. The van der Waals surface area contributed by atoms with Gasteiger partial charge < -0.3 is 14.7 Å². The average molecular weight is 792 g/mol. The maximum Gasteiger partial charge on any atom is 0.0783 e. The molecule has 0 aliphatic carbocycles. The van der Waals surface area contributed by atoms with Crippen molar-refractivity contribution in [3.63, 3.8) is 0 Å². The van der Waals surface area contributed by atoms with Crippen LogP contribution in [0.15, 0.2) is 212 Å². The summed E-state index contributed by atoms with van der Waals surface area (Å²) in [7, 11) is 0. The molecule has 0 radical (unpaired) electrons. The van der Waals surface area contributed by atoms with Crippen LogP contribution in [0.2, 0.25) is 0 Å². The first-order chi connectivity index (χ1) is 30.6. The molecule has 3 heteroatoms. The average Bonchev–Trinajstić information content (AvgIpc) is 3.33. The van der Waals surface area contributed by atoms with Crippen LogP contribution in [-0.4, -0.2) is 0 Å². The normalized spacial score (nSPS) is 16.5. The van der Waals surface area contributed by atoms with Gasteiger partial charge in [-0.25, -0.2) is 0 Å². The lowest BCUT2D eigenvalue weighted by Gasteiger charge is -2.59. The summed E-state index contributed by atoms with van der Waals surface area (Å²) in [6.07, 6.45) is 0. The Balaban J connectivity index is 1.19.